The van der Waals surface area contributed by atoms with Gasteiger partial charge in [0.05, 0.1) is 11.4 Å². The van der Waals surface area contributed by atoms with Crippen LogP contribution in [0.1, 0.15) is 22.1 Å². The van der Waals surface area contributed by atoms with Crippen LogP contribution in [-0.2, 0) is 0 Å². The number of nitrogens with zero attached hydrogens (tertiary/aromatic N) is 4. The average Bonchev–Trinajstić information content (AvgIpc) is 3.37. The number of anilines is 1. The van der Waals surface area contributed by atoms with Crippen molar-refractivity contribution in [3.8, 4) is 22.4 Å². The van der Waals surface area contributed by atoms with E-state index in [-0.39, 0.29) is 17.1 Å². The second-order valence-electron chi connectivity index (χ2n) is 7.48. The van der Waals surface area contributed by atoms with Gasteiger partial charge in [-0.3, -0.25) is 9.20 Å². The molecule has 0 aliphatic carbocycles. The molecule has 33 heavy (non-hydrogen) atoms. The fraction of sp³-hybridized carbons (Fsp3) is 0.0833. The number of aromatic nitrogens is 4. The molecular formula is C24H17F2N5O2. The molecule has 2 aromatic carbocycles. The van der Waals surface area contributed by atoms with Crippen molar-refractivity contribution in [2.45, 2.75) is 13.8 Å². The Labute approximate surface area is 186 Å². The zero-order valence-corrected chi connectivity index (χ0v) is 17.6. The number of imidazole rings is 1. The lowest BCUT2D eigenvalue weighted by Gasteiger charge is -2.06. The van der Waals surface area contributed by atoms with Gasteiger partial charge in [-0.25, -0.2) is 23.7 Å². The Hall–Kier alpha value is -4.40. The Kier molecular flexibility index (Phi) is 4.93. The van der Waals surface area contributed by atoms with E-state index in [0.29, 0.717) is 28.7 Å². The number of halogens is 2. The zero-order chi connectivity index (χ0) is 23.1. The molecule has 9 heteroatoms. The molecule has 5 aromatic rings. The van der Waals surface area contributed by atoms with Gasteiger partial charge in [-0.05, 0) is 42.8 Å². The monoisotopic (exact) mass is 445 g/mol. The minimum Gasteiger partial charge on any atom is -0.436 e. The van der Waals surface area contributed by atoms with E-state index in [0.717, 1.165) is 11.1 Å². The van der Waals surface area contributed by atoms with Gasteiger partial charge < -0.3 is 9.73 Å². The highest BCUT2D eigenvalue weighted by Crippen LogP contribution is 2.27. The Balaban J connectivity index is 1.47. The third kappa shape index (κ3) is 3.96. The molecule has 164 valence electrons. The summed E-state index contributed by atoms with van der Waals surface area (Å²) in [6, 6.07) is 10.2. The molecule has 0 atom stereocenters. The van der Waals surface area contributed by atoms with Gasteiger partial charge in [0, 0.05) is 42.3 Å². The second-order valence-corrected chi connectivity index (χ2v) is 7.48. The van der Waals surface area contributed by atoms with Crippen molar-refractivity contribution in [1.29, 1.82) is 0 Å². The highest BCUT2D eigenvalue weighted by Gasteiger charge is 2.18. The number of oxazole rings is 1. The predicted molar refractivity (Wildman–Crippen MR) is 118 cm³/mol. The van der Waals surface area contributed by atoms with Gasteiger partial charge in [-0.15, -0.1) is 0 Å². The third-order valence-electron chi connectivity index (χ3n) is 5.10. The highest BCUT2D eigenvalue weighted by atomic mass is 19.1. The first-order valence-corrected chi connectivity index (χ1v) is 10.0. The molecule has 1 amide bonds. The van der Waals surface area contributed by atoms with E-state index in [1.54, 1.807) is 49.0 Å². The summed E-state index contributed by atoms with van der Waals surface area (Å²) in [5.74, 6) is -0.447. The molecule has 0 saturated carbocycles. The predicted octanol–water partition coefficient (Wildman–Crippen LogP) is 5.20. The first-order chi connectivity index (χ1) is 15.9. The van der Waals surface area contributed by atoms with E-state index in [2.05, 4.69) is 20.3 Å². The largest absolute Gasteiger partial charge is 0.436 e. The lowest BCUT2D eigenvalue weighted by atomic mass is 10.1. The summed E-state index contributed by atoms with van der Waals surface area (Å²) in [4.78, 5) is 25.3. The van der Waals surface area contributed by atoms with Crippen molar-refractivity contribution in [3.05, 3.63) is 90.0 Å². The number of carbonyl (C=O) groups is 1. The third-order valence-corrected chi connectivity index (χ3v) is 5.10. The van der Waals surface area contributed by atoms with E-state index < -0.39 is 11.7 Å². The van der Waals surface area contributed by atoms with Gasteiger partial charge in [0.25, 0.3) is 5.91 Å². The number of nitrogens with one attached hydrogen (secondary N) is 1. The van der Waals surface area contributed by atoms with Crippen LogP contribution in [-0.4, -0.2) is 25.3 Å². The Morgan fingerprint density at radius 2 is 1.79 bits per heavy atom. The number of amides is 1. The molecule has 0 aliphatic heterocycles. The zero-order valence-electron chi connectivity index (χ0n) is 17.6. The lowest BCUT2D eigenvalue weighted by Crippen LogP contribution is -2.12. The van der Waals surface area contributed by atoms with Crippen LogP contribution in [0, 0.1) is 25.5 Å². The van der Waals surface area contributed by atoms with Crippen LogP contribution in [0.15, 0.2) is 65.5 Å². The summed E-state index contributed by atoms with van der Waals surface area (Å²) < 4.78 is 34.9. The minimum atomic E-state index is -0.498. The van der Waals surface area contributed by atoms with Gasteiger partial charge in [0.2, 0.25) is 11.5 Å². The number of rotatable bonds is 4. The fourth-order valence-electron chi connectivity index (χ4n) is 3.54. The maximum atomic E-state index is 14.6. The van der Waals surface area contributed by atoms with Crippen LogP contribution in [0.5, 0.6) is 0 Å². The summed E-state index contributed by atoms with van der Waals surface area (Å²) in [7, 11) is 0. The van der Waals surface area contributed by atoms with Gasteiger partial charge in [-0.2, -0.15) is 0 Å². The van der Waals surface area contributed by atoms with Crippen molar-refractivity contribution in [1.82, 2.24) is 19.4 Å². The summed E-state index contributed by atoms with van der Waals surface area (Å²) in [5.41, 5.74) is 2.93. The normalized spacial score (nSPS) is 11.2. The SMILES string of the molecule is Cc1nc(C)c(C(=O)Nc2ccc(F)c(-c3cn4cc(-c5ccc(F)cc5)cnc4n3)c2)o1. The molecule has 0 fully saturated rings. The summed E-state index contributed by atoms with van der Waals surface area (Å²) in [6.07, 6.45) is 5.04. The Morgan fingerprint density at radius 1 is 1.00 bits per heavy atom. The van der Waals surface area contributed by atoms with E-state index in [9.17, 15) is 13.6 Å². The van der Waals surface area contributed by atoms with Crippen LogP contribution in [0.4, 0.5) is 14.5 Å². The molecule has 0 bridgehead atoms. The van der Waals surface area contributed by atoms with Crippen molar-refractivity contribution < 1.29 is 18.0 Å². The molecule has 0 saturated heterocycles. The van der Waals surface area contributed by atoms with Gasteiger partial charge in [0.1, 0.15) is 11.6 Å². The summed E-state index contributed by atoms with van der Waals surface area (Å²) >= 11 is 0. The molecule has 0 radical (unpaired) electrons. The highest BCUT2D eigenvalue weighted by molar-refractivity contribution is 6.03. The van der Waals surface area contributed by atoms with E-state index >= 15 is 0 Å². The molecule has 5 rings (SSSR count). The second kappa shape index (κ2) is 7.94. The first kappa shape index (κ1) is 20.5. The quantitative estimate of drug-likeness (QED) is 0.411. The molecular weight excluding hydrogens is 428 g/mol. The Morgan fingerprint density at radius 3 is 2.52 bits per heavy atom. The van der Waals surface area contributed by atoms with E-state index in [1.807, 2.05) is 0 Å². The van der Waals surface area contributed by atoms with E-state index in [4.69, 9.17) is 4.42 Å². The van der Waals surface area contributed by atoms with Crippen LogP contribution < -0.4 is 5.32 Å². The molecule has 1 N–H and O–H groups in total. The molecule has 3 heterocycles. The van der Waals surface area contributed by atoms with Gasteiger partial charge in [0.15, 0.2) is 5.89 Å². The fourth-order valence-corrected chi connectivity index (χ4v) is 3.54. The van der Waals surface area contributed by atoms with Crippen molar-refractivity contribution in [3.63, 3.8) is 0 Å². The number of fused-ring (bicyclic) bond motifs is 1. The molecule has 0 aliphatic rings. The molecule has 0 unspecified atom stereocenters. The van der Waals surface area contributed by atoms with Gasteiger partial charge in [-0.1, -0.05) is 12.1 Å². The maximum absolute atomic E-state index is 14.6. The smallest absolute Gasteiger partial charge is 0.293 e. The van der Waals surface area contributed by atoms with Crippen LogP contribution in [0.3, 0.4) is 0 Å². The number of hydrogen-bond donors (Lipinski definition) is 1. The number of aryl methyl sites for hydroxylation is 2. The van der Waals surface area contributed by atoms with E-state index in [1.165, 1.54) is 30.3 Å². The summed E-state index contributed by atoms with van der Waals surface area (Å²) in [5, 5.41) is 2.70. The average molecular weight is 445 g/mol. The van der Waals surface area contributed by atoms with Gasteiger partial charge >= 0.3 is 0 Å². The van der Waals surface area contributed by atoms with Crippen molar-refractivity contribution in [2.24, 2.45) is 0 Å². The maximum Gasteiger partial charge on any atom is 0.293 e. The number of benzene rings is 2. The standard InChI is InChI=1S/C24H17F2N5O2/c1-13-22(33-14(2)28-13)23(32)29-18-7-8-20(26)19(9-18)21-12-31-11-16(10-27-24(31)30-21)15-3-5-17(25)6-4-15/h3-12H,1-2H3,(H,29,32). The molecule has 0 spiro atoms. The van der Waals surface area contributed by atoms with Crippen LogP contribution >= 0.6 is 0 Å². The lowest BCUT2D eigenvalue weighted by molar-refractivity contribution is 0.0994. The number of hydrogen-bond acceptors (Lipinski definition) is 5. The minimum absolute atomic E-state index is 0.101. The Bertz CT molecular complexity index is 1510. The van der Waals surface area contributed by atoms with Crippen molar-refractivity contribution in [2.75, 3.05) is 5.32 Å². The summed E-state index contributed by atoms with van der Waals surface area (Å²) in [6.45, 7) is 3.32. The van der Waals surface area contributed by atoms with Crippen LogP contribution in [0.25, 0.3) is 28.2 Å². The topological polar surface area (TPSA) is 85.3 Å². The van der Waals surface area contributed by atoms with Crippen molar-refractivity contribution >= 4 is 17.4 Å². The number of carbonyl (C=O) groups excluding carboxylic acids is 1. The molecule has 7 nitrogen and oxygen atoms in total. The molecule has 3 aromatic heterocycles. The van der Waals surface area contributed by atoms with Crippen LogP contribution in [0.2, 0.25) is 0 Å². The first-order valence-electron chi connectivity index (χ1n) is 10.0.